The fourth-order valence-electron chi connectivity index (χ4n) is 3.43. The van der Waals surface area contributed by atoms with Crippen LogP contribution in [0.5, 0.6) is 0 Å². The first-order chi connectivity index (χ1) is 15.4. The Morgan fingerprint density at radius 2 is 1.88 bits per heavy atom. The molecule has 9 heteroatoms. The Bertz CT molecular complexity index is 838. The number of nitrogens with zero attached hydrogens (tertiary/aromatic N) is 2. The predicted molar refractivity (Wildman–Crippen MR) is 131 cm³/mol. The Labute approximate surface area is 198 Å². The van der Waals surface area contributed by atoms with Crippen LogP contribution in [0.3, 0.4) is 0 Å². The Kier molecular flexibility index (Phi) is 9.22. The second-order valence-electron chi connectivity index (χ2n) is 9.80. The van der Waals surface area contributed by atoms with Gasteiger partial charge in [0.2, 0.25) is 5.84 Å². The van der Waals surface area contributed by atoms with E-state index in [-0.39, 0.29) is 29.5 Å². The second kappa shape index (κ2) is 11.3. The standard InChI is InChI=1S/C24H39N3O5Si/c1-8-19(32-33(6,7)24(3,4)5)18-15-20(31-16-17-13-11-10-12-14-17)22(28)27(18)26-21(25)23(29)30-9-2/h10-14,18-20H,8-9,15-16H2,1-7H3,(H2,25,26). The molecule has 1 aliphatic rings. The van der Waals surface area contributed by atoms with Crippen molar-refractivity contribution < 1.29 is 23.5 Å². The summed E-state index contributed by atoms with van der Waals surface area (Å²) in [5, 5.41) is 5.47. The van der Waals surface area contributed by atoms with E-state index in [4.69, 9.17) is 19.6 Å². The van der Waals surface area contributed by atoms with E-state index in [1.807, 2.05) is 37.3 Å². The SMILES string of the molecule is CCOC(=O)C(N)=NN1C(=O)C(OCc2ccccc2)CC1C(CC)O[Si](C)(C)C(C)(C)C. The first kappa shape index (κ1) is 27.0. The predicted octanol–water partition coefficient (Wildman–Crippen LogP) is 3.81. The monoisotopic (exact) mass is 477 g/mol. The summed E-state index contributed by atoms with van der Waals surface area (Å²) in [4.78, 5) is 25.3. The van der Waals surface area contributed by atoms with Crippen molar-refractivity contribution in [3.8, 4) is 0 Å². The van der Waals surface area contributed by atoms with Crippen LogP contribution in [0.25, 0.3) is 0 Å². The molecule has 184 valence electrons. The van der Waals surface area contributed by atoms with Crippen LogP contribution in [0.2, 0.25) is 18.1 Å². The number of hydrogen-bond donors (Lipinski definition) is 1. The molecule has 1 fully saturated rings. The minimum Gasteiger partial charge on any atom is -0.460 e. The molecule has 0 aromatic heterocycles. The molecule has 1 saturated heterocycles. The quantitative estimate of drug-likeness (QED) is 0.251. The van der Waals surface area contributed by atoms with Gasteiger partial charge in [0, 0.05) is 6.42 Å². The molecule has 0 spiro atoms. The topological polar surface area (TPSA) is 103 Å². The highest BCUT2D eigenvalue weighted by Gasteiger charge is 2.48. The van der Waals surface area contributed by atoms with Crippen LogP contribution >= 0.6 is 0 Å². The van der Waals surface area contributed by atoms with Gasteiger partial charge in [-0.15, -0.1) is 5.10 Å². The lowest BCUT2D eigenvalue weighted by atomic mass is 10.1. The smallest absolute Gasteiger partial charge is 0.375 e. The summed E-state index contributed by atoms with van der Waals surface area (Å²) >= 11 is 0. The Balaban J connectivity index is 2.30. The number of ether oxygens (including phenoxy) is 2. The molecule has 2 rings (SSSR count). The van der Waals surface area contributed by atoms with Crippen molar-refractivity contribution >= 4 is 26.0 Å². The number of rotatable bonds is 9. The summed E-state index contributed by atoms with van der Waals surface area (Å²) in [6.45, 7) is 15.0. The third-order valence-corrected chi connectivity index (χ3v) is 10.9. The molecular formula is C24H39N3O5Si. The summed E-state index contributed by atoms with van der Waals surface area (Å²) in [7, 11) is -2.13. The van der Waals surface area contributed by atoms with Crippen LogP contribution < -0.4 is 5.73 Å². The summed E-state index contributed by atoms with van der Waals surface area (Å²) in [5.41, 5.74) is 6.84. The molecule has 1 aromatic rings. The minimum atomic E-state index is -2.13. The van der Waals surface area contributed by atoms with E-state index >= 15 is 0 Å². The molecule has 3 atom stereocenters. The van der Waals surface area contributed by atoms with Crippen molar-refractivity contribution in [1.82, 2.24) is 5.01 Å². The van der Waals surface area contributed by atoms with Gasteiger partial charge in [0.1, 0.15) is 6.10 Å². The highest BCUT2D eigenvalue weighted by molar-refractivity contribution is 6.74. The van der Waals surface area contributed by atoms with Crippen LogP contribution in [0.4, 0.5) is 0 Å². The average molecular weight is 478 g/mol. The zero-order chi connectivity index (χ0) is 24.8. The number of nitrogens with two attached hydrogens (primary N) is 1. The zero-order valence-corrected chi connectivity index (χ0v) is 22.0. The summed E-state index contributed by atoms with van der Waals surface area (Å²) in [6.07, 6.45) is 0.115. The number of hydrogen-bond acceptors (Lipinski definition) is 6. The molecule has 1 aromatic carbocycles. The number of amides is 1. The van der Waals surface area contributed by atoms with Crippen molar-refractivity contribution in [3.05, 3.63) is 35.9 Å². The van der Waals surface area contributed by atoms with Crippen LogP contribution in [0.1, 0.15) is 53.0 Å². The van der Waals surface area contributed by atoms with E-state index in [1.165, 1.54) is 5.01 Å². The number of benzene rings is 1. The third-order valence-electron chi connectivity index (χ3n) is 6.35. The molecule has 0 aliphatic carbocycles. The number of amidine groups is 1. The molecule has 8 nitrogen and oxygen atoms in total. The average Bonchev–Trinajstić information content (AvgIpc) is 3.06. The zero-order valence-electron chi connectivity index (χ0n) is 21.0. The van der Waals surface area contributed by atoms with Gasteiger partial charge in [0.15, 0.2) is 8.32 Å². The van der Waals surface area contributed by atoms with Gasteiger partial charge >= 0.3 is 5.97 Å². The summed E-state index contributed by atoms with van der Waals surface area (Å²) in [5.74, 6) is -1.45. The van der Waals surface area contributed by atoms with Gasteiger partial charge in [-0.25, -0.2) is 9.80 Å². The summed E-state index contributed by atoms with van der Waals surface area (Å²) < 4.78 is 17.6. The van der Waals surface area contributed by atoms with E-state index in [0.29, 0.717) is 19.4 Å². The fraction of sp³-hybridized carbons (Fsp3) is 0.625. The Hall–Kier alpha value is -2.23. The maximum atomic E-state index is 13.3. The molecule has 3 unspecified atom stereocenters. The van der Waals surface area contributed by atoms with Crippen LogP contribution in [0, 0.1) is 0 Å². The van der Waals surface area contributed by atoms with Crippen LogP contribution in [0.15, 0.2) is 35.4 Å². The second-order valence-corrected chi connectivity index (χ2v) is 14.6. The van der Waals surface area contributed by atoms with Crippen molar-refractivity contribution in [3.63, 3.8) is 0 Å². The third kappa shape index (κ3) is 6.88. The molecule has 1 heterocycles. The highest BCUT2D eigenvalue weighted by Crippen LogP contribution is 2.39. The van der Waals surface area contributed by atoms with Crippen molar-refractivity contribution in [2.24, 2.45) is 10.8 Å². The maximum Gasteiger partial charge on any atom is 0.375 e. The van der Waals surface area contributed by atoms with Gasteiger partial charge in [0.25, 0.3) is 5.91 Å². The van der Waals surface area contributed by atoms with Crippen molar-refractivity contribution in [1.29, 1.82) is 0 Å². The number of hydrazone groups is 1. The molecule has 0 radical (unpaired) electrons. The lowest BCUT2D eigenvalue weighted by Gasteiger charge is -2.41. The minimum absolute atomic E-state index is 0.00427. The molecule has 33 heavy (non-hydrogen) atoms. The highest BCUT2D eigenvalue weighted by atomic mass is 28.4. The van der Waals surface area contributed by atoms with E-state index in [0.717, 1.165) is 5.56 Å². The van der Waals surface area contributed by atoms with E-state index in [9.17, 15) is 9.59 Å². The number of esters is 1. The van der Waals surface area contributed by atoms with E-state index < -0.39 is 26.4 Å². The van der Waals surface area contributed by atoms with Gasteiger partial charge in [-0.2, -0.15) is 0 Å². The van der Waals surface area contributed by atoms with Gasteiger partial charge in [-0.1, -0.05) is 58.0 Å². The number of carbonyl (C=O) groups is 2. The van der Waals surface area contributed by atoms with Crippen LogP contribution in [-0.2, 0) is 30.1 Å². The largest absolute Gasteiger partial charge is 0.460 e. The molecule has 0 bridgehead atoms. The summed E-state index contributed by atoms with van der Waals surface area (Å²) in [6, 6.07) is 9.27. The van der Waals surface area contributed by atoms with Gasteiger partial charge in [-0.3, -0.25) is 4.79 Å². The molecular weight excluding hydrogens is 438 g/mol. The first-order valence-electron chi connectivity index (χ1n) is 11.6. The van der Waals surface area contributed by atoms with E-state index in [1.54, 1.807) is 6.92 Å². The lowest BCUT2D eigenvalue weighted by molar-refractivity contribution is -0.139. The van der Waals surface area contributed by atoms with E-state index in [2.05, 4.69) is 39.0 Å². The number of carbonyl (C=O) groups excluding carboxylic acids is 2. The molecule has 2 N–H and O–H groups in total. The molecule has 1 amide bonds. The first-order valence-corrected chi connectivity index (χ1v) is 14.5. The lowest BCUT2D eigenvalue weighted by Crippen LogP contribution is -2.50. The Morgan fingerprint density at radius 1 is 1.24 bits per heavy atom. The molecule has 0 saturated carbocycles. The Morgan fingerprint density at radius 3 is 2.42 bits per heavy atom. The molecule has 1 aliphatic heterocycles. The maximum absolute atomic E-state index is 13.3. The fourth-order valence-corrected chi connectivity index (χ4v) is 4.86. The van der Waals surface area contributed by atoms with Gasteiger partial charge in [-0.05, 0) is 37.0 Å². The van der Waals surface area contributed by atoms with Crippen molar-refractivity contribution in [2.45, 2.75) is 90.4 Å². The van der Waals surface area contributed by atoms with Crippen molar-refractivity contribution in [2.75, 3.05) is 6.61 Å². The normalized spacial score (nSPS) is 20.8. The van der Waals surface area contributed by atoms with Crippen LogP contribution in [-0.4, -0.2) is 55.9 Å². The van der Waals surface area contributed by atoms with Gasteiger partial charge in [0.05, 0.1) is 25.4 Å². The van der Waals surface area contributed by atoms with Gasteiger partial charge < -0.3 is 19.6 Å².